The van der Waals surface area contributed by atoms with E-state index in [4.69, 9.17) is 9.47 Å². The lowest BCUT2D eigenvalue weighted by Crippen LogP contribution is -2.27. The largest absolute Gasteiger partial charge is 0.493 e. The number of hydrogen-bond acceptors (Lipinski definition) is 3. The summed E-state index contributed by atoms with van der Waals surface area (Å²) in [5, 5.41) is 3.11. The molecule has 1 N–H and O–H groups in total. The Kier molecular flexibility index (Phi) is 6.67. The zero-order valence-electron chi connectivity index (χ0n) is 16.6. The fraction of sp³-hybridized carbons (Fsp3) is 0.409. The van der Waals surface area contributed by atoms with Crippen LogP contribution in [0.3, 0.4) is 0 Å². The molecule has 0 saturated carbocycles. The Morgan fingerprint density at radius 2 is 1.62 bits per heavy atom. The van der Waals surface area contributed by atoms with Crippen molar-refractivity contribution in [1.29, 1.82) is 0 Å². The number of rotatable bonds is 7. The highest BCUT2D eigenvalue weighted by molar-refractivity contribution is 5.76. The van der Waals surface area contributed by atoms with E-state index in [2.05, 4.69) is 38.2 Å². The van der Waals surface area contributed by atoms with Crippen molar-refractivity contribution in [2.24, 2.45) is 0 Å². The summed E-state index contributed by atoms with van der Waals surface area (Å²) >= 11 is 0. The molecule has 26 heavy (non-hydrogen) atoms. The molecule has 2 aromatic rings. The molecule has 0 aromatic heterocycles. The van der Waals surface area contributed by atoms with Crippen LogP contribution in [-0.4, -0.2) is 20.1 Å². The third-order valence-corrected chi connectivity index (χ3v) is 4.82. The topological polar surface area (TPSA) is 47.6 Å². The van der Waals surface area contributed by atoms with E-state index < -0.39 is 0 Å². The average Bonchev–Trinajstić information content (AvgIpc) is 2.62. The first kappa shape index (κ1) is 19.8. The minimum atomic E-state index is -0.00722. The van der Waals surface area contributed by atoms with E-state index in [1.54, 1.807) is 14.2 Å². The first-order valence-corrected chi connectivity index (χ1v) is 8.93. The van der Waals surface area contributed by atoms with Crippen LogP contribution in [0, 0.1) is 20.8 Å². The molecule has 2 rings (SSSR count). The molecule has 0 heterocycles. The third-order valence-electron chi connectivity index (χ3n) is 4.82. The Morgan fingerprint density at radius 1 is 0.962 bits per heavy atom. The van der Waals surface area contributed by atoms with Crippen molar-refractivity contribution in [1.82, 2.24) is 5.32 Å². The summed E-state index contributed by atoms with van der Waals surface area (Å²) in [5.74, 6) is 1.42. The van der Waals surface area contributed by atoms with E-state index in [-0.39, 0.29) is 11.9 Å². The molecule has 0 saturated heterocycles. The zero-order chi connectivity index (χ0) is 19.3. The van der Waals surface area contributed by atoms with Gasteiger partial charge in [0.2, 0.25) is 5.91 Å². The quantitative estimate of drug-likeness (QED) is 0.799. The molecule has 0 spiro atoms. The van der Waals surface area contributed by atoms with Gasteiger partial charge in [-0.2, -0.15) is 0 Å². The minimum Gasteiger partial charge on any atom is -0.493 e. The lowest BCUT2D eigenvalue weighted by atomic mass is 9.96. The van der Waals surface area contributed by atoms with E-state index in [1.807, 2.05) is 25.1 Å². The van der Waals surface area contributed by atoms with Crippen LogP contribution in [0.4, 0.5) is 0 Å². The molecule has 0 fully saturated rings. The van der Waals surface area contributed by atoms with Crippen LogP contribution in [0.5, 0.6) is 11.5 Å². The van der Waals surface area contributed by atoms with Gasteiger partial charge in [-0.25, -0.2) is 0 Å². The number of methoxy groups -OCH3 is 2. The van der Waals surface area contributed by atoms with Crippen LogP contribution in [0.15, 0.2) is 30.3 Å². The maximum Gasteiger partial charge on any atom is 0.220 e. The molecule has 4 nitrogen and oxygen atoms in total. The van der Waals surface area contributed by atoms with Crippen LogP contribution >= 0.6 is 0 Å². The molecule has 4 heteroatoms. The molecule has 1 atom stereocenters. The molecule has 0 radical (unpaired) electrons. The highest BCUT2D eigenvalue weighted by Crippen LogP contribution is 2.28. The molecule has 0 unspecified atom stereocenters. The molecule has 0 bridgehead atoms. The highest BCUT2D eigenvalue weighted by Gasteiger charge is 2.13. The van der Waals surface area contributed by atoms with Crippen LogP contribution in [0.1, 0.15) is 47.2 Å². The van der Waals surface area contributed by atoms with Crippen LogP contribution in [-0.2, 0) is 11.2 Å². The number of nitrogens with one attached hydrogen (secondary N) is 1. The van der Waals surface area contributed by atoms with Crippen molar-refractivity contribution in [3.8, 4) is 11.5 Å². The van der Waals surface area contributed by atoms with Crippen LogP contribution in [0.2, 0.25) is 0 Å². The Balaban J connectivity index is 1.98. The fourth-order valence-electron chi connectivity index (χ4n) is 3.13. The van der Waals surface area contributed by atoms with E-state index >= 15 is 0 Å². The Morgan fingerprint density at radius 3 is 2.27 bits per heavy atom. The van der Waals surface area contributed by atoms with Crippen LogP contribution < -0.4 is 14.8 Å². The van der Waals surface area contributed by atoms with Gasteiger partial charge >= 0.3 is 0 Å². The summed E-state index contributed by atoms with van der Waals surface area (Å²) in [6.07, 6.45) is 1.09. The second-order valence-electron chi connectivity index (χ2n) is 6.77. The lowest BCUT2D eigenvalue weighted by Gasteiger charge is -2.18. The molecule has 0 aliphatic heterocycles. The van der Waals surface area contributed by atoms with Crippen molar-refractivity contribution in [2.45, 2.75) is 46.6 Å². The van der Waals surface area contributed by atoms with Crippen molar-refractivity contribution < 1.29 is 14.3 Å². The standard InChI is InChI=1S/C22H29NO3/c1-14-11-16(3)19(12-15(14)2)17(4)23-22(24)10-8-18-7-9-20(25-5)21(13-18)26-6/h7,9,11-13,17H,8,10H2,1-6H3,(H,23,24)/t17-/m1/s1. The summed E-state index contributed by atoms with van der Waals surface area (Å²) in [7, 11) is 3.23. The summed E-state index contributed by atoms with van der Waals surface area (Å²) in [4.78, 5) is 12.4. The number of carbonyl (C=O) groups excluding carboxylic acids is 1. The van der Waals surface area contributed by atoms with Gasteiger partial charge in [0.05, 0.1) is 20.3 Å². The third kappa shape index (κ3) is 4.78. The van der Waals surface area contributed by atoms with Crippen molar-refractivity contribution >= 4 is 5.91 Å². The number of ether oxygens (including phenoxy) is 2. The normalized spacial score (nSPS) is 11.8. The molecule has 0 aliphatic carbocycles. The second kappa shape index (κ2) is 8.75. The number of benzene rings is 2. The predicted octanol–water partition coefficient (Wildman–Crippen LogP) is 4.44. The van der Waals surface area contributed by atoms with E-state index in [0.717, 1.165) is 5.56 Å². The number of aryl methyl sites for hydroxylation is 4. The summed E-state index contributed by atoms with van der Waals surface area (Å²) in [5.41, 5.74) is 5.96. The monoisotopic (exact) mass is 355 g/mol. The zero-order valence-corrected chi connectivity index (χ0v) is 16.6. The number of amides is 1. The van der Waals surface area contributed by atoms with Gasteiger partial charge in [-0.05, 0) is 74.1 Å². The van der Waals surface area contributed by atoms with Crippen molar-refractivity contribution in [2.75, 3.05) is 14.2 Å². The smallest absolute Gasteiger partial charge is 0.220 e. The van der Waals surface area contributed by atoms with Gasteiger partial charge in [0, 0.05) is 6.42 Å². The minimum absolute atomic E-state index is 0.00722. The van der Waals surface area contributed by atoms with Gasteiger partial charge in [-0.15, -0.1) is 0 Å². The van der Waals surface area contributed by atoms with Gasteiger partial charge in [-0.1, -0.05) is 18.2 Å². The molecular formula is C22H29NO3. The molecule has 140 valence electrons. The van der Waals surface area contributed by atoms with E-state index in [9.17, 15) is 4.79 Å². The first-order valence-electron chi connectivity index (χ1n) is 8.93. The maximum atomic E-state index is 12.4. The summed E-state index contributed by atoms with van der Waals surface area (Å²) in [6, 6.07) is 10.1. The van der Waals surface area contributed by atoms with Gasteiger partial charge in [0.1, 0.15) is 0 Å². The Labute approximate surface area is 156 Å². The van der Waals surface area contributed by atoms with Crippen molar-refractivity contribution in [3.63, 3.8) is 0 Å². The predicted molar refractivity (Wildman–Crippen MR) is 105 cm³/mol. The lowest BCUT2D eigenvalue weighted by molar-refractivity contribution is -0.121. The highest BCUT2D eigenvalue weighted by atomic mass is 16.5. The van der Waals surface area contributed by atoms with Crippen LogP contribution in [0.25, 0.3) is 0 Å². The molecule has 1 amide bonds. The molecule has 0 aliphatic rings. The second-order valence-corrected chi connectivity index (χ2v) is 6.77. The van der Waals surface area contributed by atoms with E-state index in [0.29, 0.717) is 24.3 Å². The maximum absolute atomic E-state index is 12.4. The van der Waals surface area contributed by atoms with Gasteiger partial charge in [0.15, 0.2) is 11.5 Å². The number of carbonyl (C=O) groups is 1. The fourth-order valence-corrected chi connectivity index (χ4v) is 3.13. The van der Waals surface area contributed by atoms with Gasteiger partial charge < -0.3 is 14.8 Å². The SMILES string of the molecule is COc1ccc(CCC(=O)N[C@H](C)c2cc(C)c(C)cc2C)cc1OC. The van der Waals surface area contributed by atoms with E-state index in [1.165, 1.54) is 22.3 Å². The summed E-state index contributed by atoms with van der Waals surface area (Å²) < 4.78 is 10.6. The van der Waals surface area contributed by atoms with Gasteiger partial charge in [-0.3, -0.25) is 4.79 Å². The van der Waals surface area contributed by atoms with Gasteiger partial charge in [0.25, 0.3) is 0 Å². The average molecular weight is 355 g/mol. The number of hydrogen-bond donors (Lipinski definition) is 1. The Hall–Kier alpha value is -2.49. The Bertz CT molecular complexity index is 783. The molecule has 2 aromatic carbocycles. The molecular weight excluding hydrogens is 326 g/mol. The van der Waals surface area contributed by atoms with Crippen molar-refractivity contribution in [3.05, 3.63) is 58.1 Å². The summed E-state index contributed by atoms with van der Waals surface area (Å²) in [6.45, 7) is 8.34. The first-order chi connectivity index (χ1) is 12.3.